The average molecular weight is 258 g/mol. The van der Waals surface area contributed by atoms with Gasteiger partial charge in [0.25, 0.3) is 0 Å². The lowest BCUT2D eigenvalue weighted by Crippen LogP contribution is -2.21. The van der Waals surface area contributed by atoms with Crippen LogP contribution in [0.3, 0.4) is 0 Å². The van der Waals surface area contributed by atoms with Crippen molar-refractivity contribution in [2.45, 2.75) is 19.9 Å². The van der Waals surface area contributed by atoms with Crippen LogP contribution in [-0.2, 0) is 0 Å². The fourth-order valence-corrected chi connectivity index (χ4v) is 1.96. The first-order chi connectivity index (χ1) is 8.04. The van der Waals surface area contributed by atoms with Crippen LogP contribution in [0.15, 0.2) is 12.3 Å². The maximum atomic E-state index is 12.9. The molecule has 0 radical (unpaired) electrons. The van der Waals surface area contributed by atoms with Crippen LogP contribution in [0.25, 0.3) is 0 Å². The van der Waals surface area contributed by atoms with Crippen LogP contribution >= 0.6 is 11.8 Å². The molecule has 4 nitrogen and oxygen atoms in total. The van der Waals surface area contributed by atoms with Crippen molar-refractivity contribution in [2.75, 3.05) is 16.8 Å². The summed E-state index contributed by atoms with van der Waals surface area (Å²) in [6.07, 6.45) is 1.01. The number of pyridine rings is 1. The second kappa shape index (κ2) is 6.44. The highest BCUT2D eigenvalue weighted by Gasteiger charge is 2.14. The van der Waals surface area contributed by atoms with Gasteiger partial charge in [0.15, 0.2) is 0 Å². The van der Waals surface area contributed by atoms with Gasteiger partial charge in [-0.05, 0) is 18.7 Å². The van der Waals surface area contributed by atoms with E-state index in [0.717, 1.165) is 23.8 Å². The predicted molar refractivity (Wildman–Crippen MR) is 67.2 cm³/mol. The zero-order chi connectivity index (χ0) is 12.8. The van der Waals surface area contributed by atoms with Gasteiger partial charge in [0.05, 0.1) is 6.20 Å². The number of carboxylic acids is 1. The molecule has 0 aliphatic carbocycles. The van der Waals surface area contributed by atoms with Crippen LogP contribution in [0.1, 0.15) is 24.2 Å². The van der Waals surface area contributed by atoms with Crippen LogP contribution in [0.2, 0.25) is 0 Å². The second-order valence-electron chi connectivity index (χ2n) is 3.56. The molecule has 0 saturated heterocycles. The van der Waals surface area contributed by atoms with E-state index >= 15 is 0 Å². The summed E-state index contributed by atoms with van der Waals surface area (Å²) in [7, 11) is 0. The van der Waals surface area contributed by atoms with Gasteiger partial charge in [-0.1, -0.05) is 6.92 Å². The van der Waals surface area contributed by atoms with E-state index in [2.05, 4.69) is 17.2 Å². The van der Waals surface area contributed by atoms with Gasteiger partial charge in [-0.3, -0.25) is 0 Å². The molecule has 17 heavy (non-hydrogen) atoms. The van der Waals surface area contributed by atoms with Gasteiger partial charge in [0.1, 0.15) is 17.2 Å². The van der Waals surface area contributed by atoms with Gasteiger partial charge in [0.2, 0.25) is 0 Å². The number of carbonyl (C=O) groups is 1. The number of nitrogens with zero attached hydrogens (tertiary/aromatic N) is 1. The van der Waals surface area contributed by atoms with E-state index in [1.165, 1.54) is 0 Å². The summed E-state index contributed by atoms with van der Waals surface area (Å²) in [5.41, 5.74) is -0.140. The third-order valence-corrected chi connectivity index (χ3v) is 3.18. The van der Waals surface area contributed by atoms with Crippen molar-refractivity contribution in [3.8, 4) is 0 Å². The van der Waals surface area contributed by atoms with Crippen molar-refractivity contribution >= 4 is 23.5 Å². The zero-order valence-corrected chi connectivity index (χ0v) is 10.6. The summed E-state index contributed by atoms with van der Waals surface area (Å²) in [6.45, 7) is 3.98. The maximum Gasteiger partial charge on any atom is 0.339 e. The van der Waals surface area contributed by atoms with Gasteiger partial charge in [-0.15, -0.1) is 0 Å². The molecule has 0 amide bonds. The Morgan fingerprint density at radius 3 is 3.00 bits per heavy atom. The molecule has 0 saturated carbocycles. The molecule has 94 valence electrons. The van der Waals surface area contributed by atoms with Crippen LogP contribution in [0.5, 0.6) is 0 Å². The summed E-state index contributed by atoms with van der Waals surface area (Å²) in [4.78, 5) is 14.7. The molecule has 1 unspecified atom stereocenters. The summed E-state index contributed by atoms with van der Waals surface area (Å²) < 4.78 is 12.9. The Kier molecular flexibility index (Phi) is 5.21. The number of anilines is 1. The first-order valence-electron chi connectivity index (χ1n) is 5.27. The molecule has 0 aliphatic rings. The lowest BCUT2D eigenvalue weighted by molar-refractivity contribution is 0.0697. The summed E-state index contributed by atoms with van der Waals surface area (Å²) >= 11 is 1.74. The normalized spacial score (nSPS) is 12.2. The smallest absolute Gasteiger partial charge is 0.339 e. The number of halogens is 1. The molecule has 0 aromatic carbocycles. The Morgan fingerprint density at radius 1 is 1.71 bits per heavy atom. The number of hydrogen-bond donors (Lipinski definition) is 2. The highest BCUT2D eigenvalue weighted by Crippen LogP contribution is 2.15. The number of thioether (sulfide) groups is 1. The molecule has 0 aliphatic heterocycles. The van der Waals surface area contributed by atoms with Gasteiger partial charge >= 0.3 is 5.97 Å². The molecule has 1 heterocycles. The molecule has 1 aromatic heterocycles. The number of rotatable bonds is 6. The minimum Gasteiger partial charge on any atom is -0.478 e. The number of carboxylic acid groups (broad SMARTS) is 1. The lowest BCUT2D eigenvalue weighted by atomic mass is 10.2. The Morgan fingerprint density at radius 2 is 2.41 bits per heavy atom. The highest BCUT2D eigenvalue weighted by molar-refractivity contribution is 7.99. The van der Waals surface area contributed by atoms with E-state index in [1.54, 1.807) is 11.8 Å². The fraction of sp³-hybridized carbons (Fsp3) is 0.455. The fourth-order valence-electron chi connectivity index (χ4n) is 1.29. The Hall–Kier alpha value is -1.30. The van der Waals surface area contributed by atoms with Gasteiger partial charge < -0.3 is 10.4 Å². The molecule has 6 heteroatoms. The first kappa shape index (κ1) is 13.8. The molecule has 0 bridgehead atoms. The van der Waals surface area contributed by atoms with Crippen LogP contribution < -0.4 is 5.32 Å². The minimum atomic E-state index is -1.19. The third kappa shape index (κ3) is 4.22. The first-order valence-corrected chi connectivity index (χ1v) is 6.43. The number of nitrogens with one attached hydrogen (secondary N) is 1. The van der Waals surface area contributed by atoms with Crippen molar-refractivity contribution in [3.05, 3.63) is 23.6 Å². The van der Waals surface area contributed by atoms with E-state index in [9.17, 15) is 9.18 Å². The van der Waals surface area contributed by atoms with Crippen LogP contribution in [0.4, 0.5) is 10.2 Å². The molecule has 0 spiro atoms. The standard InChI is InChI=1S/C11H15FN2O2S/c1-3-17-6-7(2)14-10-9(11(15)16)4-8(12)5-13-10/h4-5,7H,3,6H2,1-2H3,(H,13,14)(H,15,16). The summed E-state index contributed by atoms with van der Waals surface area (Å²) in [6, 6.07) is 1.05. The van der Waals surface area contributed by atoms with E-state index < -0.39 is 11.8 Å². The molecule has 1 rings (SSSR count). The lowest BCUT2D eigenvalue weighted by Gasteiger charge is -2.15. The quantitative estimate of drug-likeness (QED) is 0.820. The SMILES string of the molecule is CCSCC(C)Nc1ncc(F)cc1C(=O)O. The van der Waals surface area contributed by atoms with Crippen molar-refractivity contribution in [2.24, 2.45) is 0 Å². The van der Waals surface area contributed by atoms with E-state index in [1.807, 2.05) is 6.92 Å². The summed E-state index contributed by atoms with van der Waals surface area (Å²) in [5, 5.41) is 11.9. The minimum absolute atomic E-state index is 0.0796. The molecule has 1 aromatic rings. The average Bonchev–Trinajstić information content (AvgIpc) is 2.28. The number of hydrogen-bond acceptors (Lipinski definition) is 4. The molecule has 0 fully saturated rings. The predicted octanol–water partition coefficient (Wildman–Crippen LogP) is 2.47. The van der Waals surface area contributed by atoms with Crippen LogP contribution in [-0.4, -0.2) is 33.6 Å². The van der Waals surface area contributed by atoms with Crippen molar-refractivity contribution in [3.63, 3.8) is 0 Å². The maximum absolute atomic E-state index is 12.9. The zero-order valence-electron chi connectivity index (χ0n) is 9.74. The topological polar surface area (TPSA) is 62.2 Å². The van der Waals surface area contributed by atoms with E-state index in [-0.39, 0.29) is 17.4 Å². The Labute approximate surface area is 104 Å². The number of aromatic carboxylic acids is 1. The largest absolute Gasteiger partial charge is 0.478 e. The second-order valence-corrected chi connectivity index (χ2v) is 4.88. The van der Waals surface area contributed by atoms with Gasteiger partial charge in [-0.2, -0.15) is 11.8 Å². The van der Waals surface area contributed by atoms with E-state index in [0.29, 0.717) is 0 Å². The molecular formula is C11H15FN2O2S. The monoisotopic (exact) mass is 258 g/mol. The number of aromatic nitrogens is 1. The van der Waals surface area contributed by atoms with Crippen molar-refractivity contribution in [1.29, 1.82) is 0 Å². The third-order valence-electron chi connectivity index (χ3n) is 2.04. The highest BCUT2D eigenvalue weighted by atomic mass is 32.2. The Bertz CT molecular complexity index is 401. The van der Waals surface area contributed by atoms with Crippen LogP contribution in [0, 0.1) is 5.82 Å². The van der Waals surface area contributed by atoms with Crippen molar-refractivity contribution < 1.29 is 14.3 Å². The molecular weight excluding hydrogens is 243 g/mol. The van der Waals surface area contributed by atoms with Crippen molar-refractivity contribution in [1.82, 2.24) is 4.98 Å². The molecule has 2 N–H and O–H groups in total. The van der Waals surface area contributed by atoms with Gasteiger partial charge in [0, 0.05) is 11.8 Å². The van der Waals surface area contributed by atoms with Gasteiger partial charge in [-0.25, -0.2) is 14.2 Å². The van der Waals surface area contributed by atoms with E-state index in [4.69, 9.17) is 5.11 Å². The summed E-state index contributed by atoms with van der Waals surface area (Å²) in [5.74, 6) is 0.213. The molecule has 1 atom stereocenters. The Balaban J connectivity index is 2.79.